The van der Waals surface area contributed by atoms with Gasteiger partial charge in [0.2, 0.25) is 0 Å². The summed E-state index contributed by atoms with van der Waals surface area (Å²) in [7, 11) is 0. The molecule has 0 aliphatic carbocycles. The molecule has 0 fully saturated rings. The molecule has 1 aromatic rings. The van der Waals surface area contributed by atoms with E-state index in [0.29, 0.717) is 28.8 Å². The van der Waals surface area contributed by atoms with Gasteiger partial charge in [-0.25, -0.2) is 0 Å². The zero-order chi connectivity index (χ0) is 11.4. The molecule has 0 aliphatic heterocycles. The molecule has 1 atom stereocenters. The van der Waals surface area contributed by atoms with Gasteiger partial charge in [0, 0.05) is 11.1 Å². The second-order valence-corrected chi connectivity index (χ2v) is 4.33. The maximum absolute atomic E-state index is 6.05. The summed E-state index contributed by atoms with van der Waals surface area (Å²) in [6.45, 7) is 4.43. The third kappa shape index (κ3) is 4.38. The van der Waals surface area contributed by atoms with E-state index in [2.05, 4.69) is 0 Å². The minimum absolute atomic E-state index is 0. The summed E-state index contributed by atoms with van der Waals surface area (Å²) in [5.74, 6) is 0.695. The van der Waals surface area contributed by atoms with Crippen molar-refractivity contribution >= 4 is 35.6 Å². The Bertz CT molecular complexity index is 342. The highest BCUT2D eigenvalue weighted by Crippen LogP contribution is 2.33. The van der Waals surface area contributed by atoms with Gasteiger partial charge in [0.05, 0.1) is 11.6 Å². The summed E-state index contributed by atoms with van der Waals surface area (Å²) in [5, 5.41) is 1.15. The first kappa shape index (κ1) is 15.9. The van der Waals surface area contributed by atoms with Crippen molar-refractivity contribution in [1.82, 2.24) is 0 Å². The maximum Gasteiger partial charge on any atom is 0.141 e. The minimum Gasteiger partial charge on any atom is -0.492 e. The SMILES string of the molecule is CCOc1c(Cl)cc(Cl)cc1CC(C)N.Cl. The van der Waals surface area contributed by atoms with E-state index in [4.69, 9.17) is 33.7 Å². The van der Waals surface area contributed by atoms with Gasteiger partial charge in [-0.05, 0) is 38.0 Å². The zero-order valence-corrected chi connectivity index (χ0v) is 11.6. The van der Waals surface area contributed by atoms with Gasteiger partial charge in [0.25, 0.3) is 0 Å². The largest absolute Gasteiger partial charge is 0.492 e. The van der Waals surface area contributed by atoms with Crippen LogP contribution >= 0.6 is 35.6 Å². The van der Waals surface area contributed by atoms with Crippen molar-refractivity contribution < 1.29 is 4.74 Å². The molecule has 0 heterocycles. The smallest absolute Gasteiger partial charge is 0.141 e. The number of hydrogen-bond acceptors (Lipinski definition) is 2. The van der Waals surface area contributed by atoms with E-state index in [-0.39, 0.29) is 18.4 Å². The van der Waals surface area contributed by atoms with Crippen molar-refractivity contribution in [2.24, 2.45) is 5.73 Å². The third-order valence-corrected chi connectivity index (χ3v) is 2.41. The molecule has 16 heavy (non-hydrogen) atoms. The number of halogens is 3. The summed E-state index contributed by atoms with van der Waals surface area (Å²) in [6.07, 6.45) is 0.704. The van der Waals surface area contributed by atoms with Gasteiger partial charge in [0.15, 0.2) is 0 Å². The van der Waals surface area contributed by atoms with Crippen LogP contribution in [0.15, 0.2) is 12.1 Å². The number of nitrogens with two attached hydrogens (primary N) is 1. The monoisotopic (exact) mass is 283 g/mol. The van der Waals surface area contributed by atoms with Gasteiger partial charge in [-0.1, -0.05) is 23.2 Å². The van der Waals surface area contributed by atoms with E-state index < -0.39 is 0 Å². The lowest BCUT2D eigenvalue weighted by Crippen LogP contribution is -2.18. The molecule has 2 N–H and O–H groups in total. The Hall–Kier alpha value is -0.150. The van der Waals surface area contributed by atoms with Crippen LogP contribution in [0.1, 0.15) is 19.4 Å². The minimum atomic E-state index is 0. The standard InChI is InChI=1S/C11H15Cl2NO.ClH/c1-3-15-11-8(4-7(2)14)5-9(12)6-10(11)13;/h5-7H,3-4,14H2,1-2H3;1H. The van der Waals surface area contributed by atoms with Crippen LogP contribution in [0, 0.1) is 0 Å². The Morgan fingerprint density at radius 2 is 2.00 bits per heavy atom. The van der Waals surface area contributed by atoms with Crippen molar-refractivity contribution in [1.29, 1.82) is 0 Å². The molecule has 1 unspecified atom stereocenters. The van der Waals surface area contributed by atoms with E-state index in [1.54, 1.807) is 6.07 Å². The van der Waals surface area contributed by atoms with Gasteiger partial charge in [0.1, 0.15) is 5.75 Å². The van der Waals surface area contributed by atoms with Crippen LogP contribution in [0.2, 0.25) is 10.0 Å². The van der Waals surface area contributed by atoms with Gasteiger partial charge in [-0.3, -0.25) is 0 Å². The summed E-state index contributed by atoms with van der Waals surface area (Å²) < 4.78 is 5.48. The summed E-state index contributed by atoms with van der Waals surface area (Å²) >= 11 is 12.0. The number of benzene rings is 1. The van der Waals surface area contributed by atoms with Crippen LogP contribution in [0.25, 0.3) is 0 Å². The Kier molecular flexibility index (Phi) is 7.16. The van der Waals surface area contributed by atoms with E-state index in [1.165, 1.54) is 0 Å². The first-order valence-electron chi connectivity index (χ1n) is 4.91. The van der Waals surface area contributed by atoms with Gasteiger partial charge in [-0.2, -0.15) is 0 Å². The second kappa shape index (κ2) is 7.23. The highest BCUT2D eigenvalue weighted by Gasteiger charge is 2.11. The van der Waals surface area contributed by atoms with Crippen LogP contribution in [-0.2, 0) is 6.42 Å². The fourth-order valence-electron chi connectivity index (χ4n) is 1.42. The summed E-state index contributed by atoms with van der Waals surface area (Å²) in [4.78, 5) is 0. The molecule has 0 spiro atoms. The molecule has 0 aliphatic rings. The Labute approximate surface area is 112 Å². The Morgan fingerprint density at radius 3 is 2.50 bits per heavy atom. The van der Waals surface area contributed by atoms with E-state index >= 15 is 0 Å². The Morgan fingerprint density at radius 1 is 1.38 bits per heavy atom. The van der Waals surface area contributed by atoms with Crippen LogP contribution in [-0.4, -0.2) is 12.6 Å². The number of rotatable bonds is 4. The molecule has 1 rings (SSSR count). The lowest BCUT2D eigenvalue weighted by Gasteiger charge is -2.14. The molecular weight excluding hydrogens is 268 g/mol. The molecule has 0 radical (unpaired) electrons. The number of ether oxygens (including phenoxy) is 1. The maximum atomic E-state index is 6.05. The molecule has 0 saturated heterocycles. The average Bonchev–Trinajstić information content (AvgIpc) is 2.10. The summed E-state index contributed by atoms with van der Waals surface area (Å²) in [6, 6.07) is 3.58. The molecule has 0 amide bonds. The van der Waals surface area contributed by atoms with E-state index in [0.717, 1.165) is 5.56 Å². The van der Waals surface area contributed by atoms with E-state index in [1.807, 2.05) is 19.9 Å². The fourth-order valence-corrected chi connectivity index (χ4v) is 2.01. The molecule has 0 aromatic heterocycles. The predicted molar refractivity (Wildman–Crippen MR) is 72.2 cm³/mol. The highest BCUT2D eigenvalue weighted by atomic mass is 35.5. The average molecular weight is 285 g/mol. The molecule has 92 valence electrons. The lowest BCUT2D eigenvalue weighted by atomic mass is 10.1. The molecule has 0 saturated carbocycles. The second-order valence-electron chi connectivity index (χ2n) is 3.49. The predicted octanol–water partition coefficient (Wildman–Crippen LogP) is 3.70. The van der Waals surface area contributed by atoms with Crippen molar-refractivity contribution in [3.05, 3.63) is 27.7 Å². The lowest BCUT2D eigenvalue weighted by molar-refractivity contribution is 0.336. The molecule has 0 bridgehead atoms. The topological polar surface area (TPSA) is 35.2 Å². The first-order chi connectivity index (χ1) is 7.04. The van der Waals surface area contributed by atoms with Crippen molar-refractivity contribution in [2.45, 2.75) is 26.3 Å². The van der Waals surface area contributed by atoms with Gasteiger partial charge in [-0.15, -0.1) is 12.4 Å². The van der Waals surface area contributed by atoms with Crippen LogP contribution < -0.4 is 10.5 Å². The molecule has 1 aromatic carbocycles. The van der Waals surface area contributed by atoms with Crippen molar-refractivity contribution in [2.75, 3.05) is 6.61 Å². The normalized spacial score (nSPS) is 11.8. The Balaban J connectivity index is 0.00000225. The van der Waals surface area contributed by atoms with Crippen LogP contribution in [0.5, 0.6) is 5.75 Å². The summed E-state index contributed by atoms with van der Waals surface area (Å²) in [5.41, 5.74) is 6.71. The van der Waals surface area contributed by atoms with Crippen LogP contribution in [0.3, 0.4) is 0 Å². The van der Waals surface area contributed by atoms with Gasteiger partial charge >= 0.3 is 0 Å². The molecular formula is C11H16Cl3NO. The first-order valence-corrected chi connectivity index (χ1v) is 5.66. The molecule has 2 nitrogen and oxygen atoms in total. The highest BCUT2D eigenvalue weighted by molar-refractivity contribution is 6.35. The quantitative estimate of drug-likeness (QED) is 0.915. The fraction of sp³-hybridized carbons (Fsp3) is 0.455. The van der Waals surface area contributed by atoms with E-state index in [9.17, 15) is 0 Å². The zero-order valence-electron chi connectivity index (χ0n) is 9.30. The van der Waals surface area contributed by atoms with Crippen molar-refractivity contribution in [3.8, 4) is 5.75 Å². The van der Waals surface area contributed by atoms with Gasteiger partial charge < -0.3 is 10.5 Å². The third-order valence-electron chi connectivity index (χ3n) is 1.92. The van der Waals surface area contributed by atoms with Crippen molar-refractivity contribution in [3.63, 3.8) is 0 Å². The number of hydrogen-bond donors (Lipinski definition) is 1. The van der Waals surface area contributed by atoms with Crippen LogP contribution in [0.4, 0.5) is 0 Å². The molecule has 5 heteroatoms.